The van der Waals surface area contributed by atoms with Crippen molar-refractivity contribution in [1.82, 2.24) is 9.97 Å². The Kier molecular flexibility index (Phi) is 2.14. The Balaban J connectivity index is 2.66. The first-order chi connectivity index (χ1) is 6.29. The van der Waals surface area contributed by atoms with Gasteiger partial charge in [0.1, 0.15) is 4.60 Å². The molecule has 2 rings (SSSR count). The highest BCUT2D eigenvalue weighted by molar-refractivity contribution is 9.10. The number of halogens is 1. The number of pyridine rings is 2. The zero-order valence-corrected chi connectivity index (χ0v) is 8.58. The Morgan fingerprint density at radius 1 is 1.38 bits per heavy atom. The Morgan fingerprint density at radius 2 is 2.23 bits per heavy atom. The molecule has 0 fully saturated rings. The smallest absolute Gasteiger partial charge is 0.213 e. The van der Waals surface area contributed by atoms with E-state index < -0.39 is 0 Å². The number of fused-ring (bicyclic) bond motifs is 1. The van der Waals surface area contributed by atoms with Gasteiger partial charge >= 0.3 is 0 Å². The molecule has 0 atom stereocenters. The van der Waals surface area contributed by atoms with Crippen LogP contribution in [0.15, 0.2) is 29.0 Å². The van der Waals surface area contributed by atoms with E-state index in [1.807, 2.05) is 18.2 Å². The van der Waals surface area contributed by atoms with Crippen LogP contribution in [0.2, 0.25) is 0 Å². The molecule has 2 aromatic heterocycles. The topological polar surface area (TPSA) is 35.0 Å². The van der Waals surface area contributed by atoms with Crippen molar-refractivity contribution in [2.45, 2.75) is 0 Å². The number of rotatable bonds is 1. The van der Waals surface area contributed by atoms with Gasteiger partial charge in [0.2, 0.25) is 5.88 Å². The molecule has 0 bridgehead atoms. The average Bonchev–Trinajstić information content (AvgIpc) is 2.17. The van der Waals surface area contributed by atoms with E-state index >= 15 is 0 Å². The van der Waals surface area contributed by atoms with Gasteiger partial charge in [0.05, 0.1) is 18.8 Å². The number of hydrogen-bond donors (Lipinski definition) is 0. The predicted molar refractivity (Wildman–Crippen MR) is 53.8 cm³/mol. The summed E-state index contributed by atoms with van der Waals surface area (Å²) in [5.74, 6) is 0.608. The normalized spacial score (nSPS) is 10.3. The molecule has 0 aliphatic heterocycles. The minimum absolute atomic E-state index is 0.608. The van der Waals surface area contributed by atoms with Gasteiger partial charge in [-0.2, -0.15) is 0 Å². The predicted octanol–water partition coefficient (Wildman–Crippen LogP) is 2.40. The average molecular weight is 239 g/mol. The molecule has 13 heavy (non-hydrogen) atoms. The summed E-state index contributed by atoms with van der Waals surface area (Å²) < 4.78 is 5.81. The fourth-order valence-corrected chi connectivity index (χ4v) is 1.44. The number of nitrogens with zero attached hydrogens (tertiary/aromatic N) is 2. The molecule has 0 amide bonds. The highest BCUT2D eigenvalue weighted by Gasteiger charge is 1.98. The molecular formula is C9H7BrN2O. The molecule has 0 aliphatic carbocycles. The lowest BCUT2D eigenvalue weighted by Crippen LogP contribution is -1.88. The minimum Gasteiger partial charge on any atom is -0.481 e. The van der Waals surface area contributed by atoms with Gasteiger partial charge < -0.3 is 4.74 Å². The second-order valence-corrected chi connectivity index (χ2v) is 3.37. The van der Waals surface area contributed by atoms with Crippen molar-refractivity contribution < 1.29 is 4.74 Å². The van der Waals surface area contributed by atoms with Crippen LogP contribution in [-0.4, -0.2) is 17.1 Å². The van der Waals surface area contributed by atoms with Gasteiger partial charge in [-0.3, -0.25) is 0 Å². The molecule has 0 N–H and O–H groups in total. The van der Waals surface area contributed by atoms with Crippen molar-refractivity contribution in [3.05, 3.63) is 29.0 Å². The largest absolute Gasteiger partial charge is 0.481 e. The molecular weight excluding hydrogens is 232 g/mol. The Hall–Kier alpha value is -1.16. The first-order valence-corrected chi connectivity index (χ1v) is 4.55. The van der Waals surface area contributed by atoms with Crippen LogP contribution in [0.5, 0.6) is 5.88 Å². The summed E-state index contributed by atoms with van der Waals surface area (Å²) >= 11 is 3.30. The molecule has 0 spiro atoms. The van der Waals surface area contributed by atoms with E-state index in [1.54, 1.807) is 13.3 Å². The van der Waals surface area contributed by atoms with Gasteiger partial charge in [-0.15, -0.1) is 0 Å². The van der Waals surface area contributed by atoms with Gasteiger partial charge in [-0.25, -0.2) is 9.97 Å². The summed E-state index contributed by atoms with van der Waals surface area (Å²) in [5.41, 5.74) is 0.836. The van der Waals surface area contributed by atoms with Gasteiger partial charge in [-0.05, 0) is 28.1 Å². The molecule has 0 saturated carbocycles. The van der Waals surface area contributed by atoms with Crippen LogP contribution >= 0.6 is 15.9 Å². The molecule has 0 saturated heterocycles. The van der Waals surface area contributed by atoms with E-state index in [4.69, 9.17) is 4.74 Å². The van der Waals surface area contributed by atoms with E-state index in [1.165, 1.54) is 0 Å². The van der Waals surface area contributed by atoms with Crippen LogP contribution in [0.25, 0.3) is 10.9 Å². The SMILES string of the molecule is COc1ccc2cc(Br)ncc2n1. The maximum atomic E-state index is 5.00. The van der Waals surface area contributed by atoms with E-state index in [0.717, 1.165) is 15.5 Å². The summed E-state index contributed by atoms with van der Waals surface area (Å²) in [7, 11) is 1.60. The molecule has 3 nitrogen and oxygen atoms in total. The van der Waals surface area contributed by atoms with Crippen LogP contribution in [-0.2, 0) is 0 Å². The molecule has 2 heterocycles. The van der Waals surface area contributed by atoms with Crippen molar-refractivity contribution in [2.75, 3.05) is 7.11 Å². The Bertz CT molecular complexity index is 445. The zero-order valence-electron chi connectivity index (χ0n) is 6.99. The summed E-state index contributed by atoms with van der Waals surface area (Å²) in [4.78, 5) is 8.31. The van der Waals surface area contributed by atoms with Crippen molar-refractivity contribution >= 4 is 26.8 Å². The van der Waals surface area contributed by atoms with Crippen LogP contribution < -0.4 is 4.74 Å². The fraction of sp³-hybridized carbons (Fsp3) is 0.111. The van der Waals surface area contributed by atoms with E-state index in [2.05, 4.69) is 25.9 Å². The summed E-state index contributed by atoms with van der Waals surface area (Å²) in [5, 5.41) is 1.04. The molecule has 0 aromatic carbocycles. The zero-order chi connectivity index (χ0) is 9.26. The van der Waals surface area contributed by atoms with Crippen molar-refractivity contribution in [1.29, 1.82) is 0 Å². The quantitative estimate of drug-likeness (QED) is 0.716. The lowest BCUT2D eigenvalue weighted by molar-refractivity contribution is 0.399. The maximum absolute atomic E-state index is 5.00. The van der Waals surface area contributed by atoms with Gasteiger partial charge in [0.15, 0.2) is 0 Å². The first kappa shape index (κ1) is 8.44. The third-order valence-electron chi connectivity index (χ3n) is 1.73. The number of aromatic nitrogens is 2. The highest BCUT2D eigenvalue weighted by atomic mass is 79.9. The standard InChI is InChI=1S/C9H7BrN2O/c1-13-9-3-2-6-4-8(10)11-5-7(6)12-9/h2-5H,1H3. The van der Waals surface area contributed by atoms with E-state index in [-0.39, 0.29) is 0 Å². The molecule has 66 valence electrons. The fourth-order valence-electron chi connectivity index (χ4n) is 1.09. The number of ether oxygens (including phenoxy) is 1. The lowest BCUT2D eigenvalue weighted by Gasteiger charge is -2.00. The van der Waals surface area contributed by atoms with Gasteiger partial charge in [0.25, 0.3) is 0 Å². The monoisotopic (exact) mass is 238 g/mol. The second-order valence-electron chi connectivity index (χ2n) is 2.55. The molecule has 0 unspecified atom stereocenters. The first-order valence-electron chi connectivity index (χ1n) is 3.76. The van der Waals surface area contributed by atoms with E-state index in [9.17, 15) is 0 Å². The molecule has 4 heteroatoms. The Morgan fingerprint density at radius 3 is 3.00 bits per heavy atom. The van der Waals surface area contributed by atoms with Crippen LogP contribution in [0.1, 0.15) is 0 Å². The van der Waals surface area contributed by atoms with Gasteiger partial charge in [-0.1, -0.05) is 0 Å². The van der Waals surface area contributed by atoms with Crippen molar-refractivity contribution in [3.63, 3.8) is 0 Å². The van der Waals surface area contributed by atoms with Crippen molar-refractivity contribution in [2.24, 2.45) is 0 Å². The molecule has 2 aromatic rings. The van der Waals surface area contributed by atoms with E-state index in [0.29, 0.717) is 5.88 Å². The van der Waals surface area contributed by atoms with Gasteiger partial charge in [0, 0.05) is 11.5 Å². The molecule has 0 radical (unpaired) electrons. The summed E-state index contributed by atoms with van der Waals surface area (Å²) in [6, 6.07) is 5.70. The van der Waals surface area contributed by atoms with Crippen LogP contribution in [0.4, 0.5) is 0 Å². The lowest BCUT2D eigenvalue weighted by atomic mass is 10.3. The second kappa shape index (κ2) is 3.30. The summed E-state index contributed by atoms with van der Waals surface area (Å²) in [6.07, 6.45) is 1.71. The Labute approximate surface area is 83.9 Å². The minimum atomic E-state index is 0.608. The van der Waals surface area contributed by atoms with Crippen LogP contribution in [0, 0.1) is 0 Å². The maximum Gasteiger partial charge on any atom is 0.213 e. The summed E-state index contributed by atoms with van der Waals surface area (Å²) in [6.45, 7) is 0. The third kappa shape index (κ3) is 1.62. The number of hydrogen-bond acceptors (Lipinski definition) is 3. The molecule has 0 aliphatic rings. The van der Waals surface area contributed by atoms with Crippen LogP contribution in [0.3, 0.4) is 0 Å². The third-order valence-corrected chi connectivity index (χ3v) is 2.16. The van der Waals surface area contributed by atoms with Crippen molar-refractivity contribution in [3.8, 4) is 5.88 Å². The highest BCUT2D eigenvalue weighted by Crippen LogP contribution is 2.18. The number of methoxy groups -OCH3 is 1.